The summed E-state index contributed by atoms with van der Waals surface area (Å²) in [5.74, 6) is 0. The zero-order chi connectivity index (χ0) is 9.80. The van der Waals surface area contributed by atoms with E-state index in [0.29, 0.717) is 6.04 Å². The standard InChI is InChI=1S/C12H18N2/c1-10-4-2-5-11(8-10)14-12-6-3-7-13-9-12/h2,4-5,8,12-14H,3,6-7,9H2,1H3. The van der Waals surface area contributed by atoms with E-state index >= 15 is 0 Å². The third-order valence-corrected chi connectivity index (χ3v) is 2.69. The normalized spacial score (nSPS) is 21.9. The first-order chi connectivity index (χ1) is 6.84. The minimum atomic E-state index is 0.602. The van der Waals surface area contributed by atoms with Crippen molar-refractivity contribution in [1.82, 2.24) is 5.32 Å². The molecule has 2 nitrogen and oxygen atoms in total. The summed E-state index contributed by atoms with van der Waals surface area (Å²) >= 11 is 0. The molecule has 2 N–H and O–H groups in total. The van der Waals surface area contributed by atoms with Crippen LogP contribution in [-0.2, 0) is 0 Å². The van der Waals surface area contributed by atoms with Crippen molar-refractivity contribution in [3.8, 4) is 0 Å². The number of nitrogens with one attached hydrogen (secondary N) is 2. The summed E-state index contributed by atoms with van der Waals surface area (Å²) < 4.78 is 0. The van der Waals surface area contributed by atoms with Crippen LogP contribution in [0.5, 0.6) is 0 Å². The highest BCUT2D eigenvalue weighted by Gasteiger charge is 2.11. The van der Waals surface area contributed by atoms with Crippen molar-refractivity contribution in [3.63, 3.8) is 0 Å². The zero-order valence-electron chi connectivity index (χ0n) is 8.72. The van der Waals surface area contributed by atoms with Crippen LogP contribution in [0.3, 0.4) is 0 Å². The fraction of sp³-hybridized carbons (Fsp3) is 0.500. The van der Waals surface area contributed by atoms with E-state index in [9.17, 15) is 0 Å². The van der Waals surface area contributed by atoms with Crippen LogP contribution in [-0.4, -0.2) is 19.1 Å². The molecule has 0 bridgehead atoms. The predicted molar refractivity (Wildman–Crippen MR) is 60.7 cm³/mol. The van der Waals surface area contributed by atoms with Gasteiger partial charge in [-0.25, -0.2) is 0 Å². The maximum Gasteiger partial charge on any atom is 0.0386 e. The predicted octanol–water partition coefficient (Wildman–Crippen LogP) is 2.16. The summed E-state index contributed by atoms with van der Waals surface area (Å²) in [6, 6.07) is 9.18. The number of rotatable bonds is 2. The second-order valence-electron chi connectivity index (χ2n) is 4.06. The SMILES string of the molecule is Cc1cccc(NC2CCCNC2)c1. The van der Waals surface area contributed by atoms with Gasteiger partial charge in [-0.05, 0) is 44.0 Å². The maximum atomic E-state index is 3.56. The molecule has 1 aliphatic heterocycles. The van der Waals surface area contributed by atoms with Gasteiger partial charge in [0.1, 0.15) is 0 Å². The number of benzene rings is 1. The lowest BCUT2D eigenvalue weighted by Crippen LogP contribution is -2.38. The molecule has 0 amide bonds. The Hall–Kier alpha value is -1.02. The molecule has 14 heavy (non-hydrogen) atoms. The van der Waals surface area contributed by atoms with Crippen LogP contribution in [0, 0.1) is 6.92 Å². The van der Waals surface area contributed by atoms with Gasteiger partial charge in [0.15, 0.2) is 0 Å². The summed E-state index contributed by atoms with van der Waals surface area (Å²) in [6.07, 6.45) is 2.56. The van der Waals surface area contributed by atoms with Crippen LogP contribution in [0.15, 0.2) is 24.3 Å². The van der Waals surface area contributed by atoms with Crippen LogP contribution < -0.4 is 10.6 Å². The third-order valence-electron chi connectivity index (χ3n) is 2.69. The van der Waals surface area contributed by atoms with E-state index in [1.165, 1.54) is 30.6 Å². The molecule has 0 radical (unpaired) electrons. The molecule has 0 spiro atoms. The van der Waals surface area contributed by atoms with Crippen LogP contribution in [0.4, 0.5) is 5.69 Å². The van der Waals surface area contributed by atoms with E-state index < -0.39 is 0 Å². The highest BCUT2D eigenvalue weighted by molar-refractivity contribution is 5.46. The average molecular weight is 190 g/mol. The Morgan fingerprint density at radius 1 is 1.43 bits per heavy atom. The molecule has 1 fully saturated rings. The summed E-state index contributed by atoms with van der Waals surface area (Å²) in [7, 11) is 0. The quantitative estimate of drug-likeness (QED) is 0.746. The first-order valence-corrected chi connectivity index (χ1v) is 5.38. The Labute approximate surface area is 85.7 Å². The number of anilines is 1. The second kappa shape index (κ2) is 4.47. The number of aryl methyl sites for hydroxylation is 1. The summed E-state index contributed by atoms with van der Waals surface area (Å²) in [4.78, 5) is 0. The topological polar surface area (TPSA) is 24.1 Å². The lowest BCUT2D eigenvalue weighted by atomic mass is 10.1. The summed E-state index contributed by atoms with van der Waals surface area (Å²) in [6.45, 7) is 4.39. The summed E-state index contributed by atoms with van der Waals surface area (Å²) in [5, 5.41) is 6.97. The highest BCUT2D eigenvalue weighted by Crippen LogP contribution is 2.13. The van der Waals surface area contributed by atoms with Crippen molar-refractivity contribution >= 4 is 5.69 Å². The highest BCUT2D eigenvalue weighted by atomic mass is 15.0. The molecule has 1 atom stereocenters. The molecular weight excluding hydrogens is 172 g/mol. The molecule has 2 heteroatoms. The van der Waals surface area contributed by atoms with Crippen LogP contribution in [0.25, 0.3) is 0 Å². The zero-order valence-corrected chi connectivity index (χ0v) is 8.72. The van der Waals surface area contributed by atoms with Gasteiger partial charge < -0.3 is 10.6 Å². The lowest BCUT2D eigenvalue weighted by molar-refractivity contribution is 0.480. The van der Waals surface area contributed by atoms with Gasteiger partial charge in [-0.15, -0.1) is 0 Å². The lowest BCUT2D eigenvalue weighted by Gasteiger charge is -2.24. The van der Waals surface area contributed by atoms with Crippen molar-refractivity contribution in [2.24, 2.45) is 0 Å². The van der Waals surface area contributed by atoms with Gasteiger partial charge in [0, 0.05) is 18.3 Å². The van der Waals surface area contributed by atoms with Gasteiger partial charge in [0.05, 0.1) is 0 Å². The minimum absolute atomic E-state index is 0.602. The maximum absolute atomic E-state index is 3.56. The largest absolute Gasteiger partial charge is 0.381 e. The first kappa shape index (κ1) is 9.53. The Balaban J connectivity index is 1.95. The molecule has 0 aliphatic carbocycles. The van der Waals surface area contributed by atoms with Crippen molar-refractivity contribution in [2.75, 3.05) is 18.4 Å². The molecule has 1 aromatic rings. The fourth-order valence-electron chi connectivity index (χ4n) is 1.95. The number of piperidine rings is 1. The van der Waals surface area contributed by atoms with Crippen molar-refractivity contribution in [1.29, 1.82) is 0 Å². The number of hydrogen-bond donors (Lipinski definition) is 2. The van der Waals surface area contributed by atoms with Crippen molar-refractivity contribution in [3.05, 3.63) is 29.8 Å². The average Bonchev–Trinajstić information content (AvgIpc) is 2.19. The van der Waals surface area contributed by atoms with Gasteiger partial charge in [-0.3, -0.25) is 0 Å². The molecule has 1 heterocycles. The molecule has 76 valence electrons. The Bertz CT molecular complexity index is 290. The monoisotopic (exact) mass is 190 g/mol. The first-order valence-electron chi connectivity index (χ1n) is 5.38. The molecule has 2 rings (SSSR count). The van der Waals surface area contributed by atoms with E-state index in [2.05, 4.69) is 41.8 Å². The third kappa shape index (κ3) is 2.48. The van der Waals surface area contributed by atoms with E-state index in [1.54, 1.807) is 0 Å². The molecular formula is C12H18N2. The van der Waals surface area contributed by atoms with Crippen molar-refractivity contribution < 1.29 is 0 Å². The molecule has 1 saturated heterocycles. The molecule has 1 aliphatic rings. The van der Waals surface area contributed by atoms with Crippen LogP contribution in [0.1, 0.15) is 18.4 Å². The Morgan fingerprint density at radius 3 is 3.07 bits per heavy atom. The molecule has 1 aromatic carbocycles. The van der Waals surface area contributed by atoms with Crippen LogP contribution >= 0.6 is 0 Å². The smallest absolute Gasteiger partial charge is 0.0386 e. The Morgan fingerprint density at radius 2 is 2.36 bits per heavy atom. The van der Waals surface area contributed by atoms with Crippen molar-refractivity contribution in [2.45, 2.75) is 25.8 Å². The number of hydrogen-bond acceptors (Lipinski definition) is 2. The van der Waals surface area contributed by atoms with Gasteiger partial charge in [0.2, 0.25) is 0 Å². The van der Waals surface area contributed by atoms with Crippen LogP contribution in [0.2, 0.25) is 0 Å². The van der Waals surface area contributed by atoms with Gasteiger partial charge in [-0.1, -0.05) is 12.1 Å². The molecule has 1 unspecified atom stereocenters. The minimum Gasteiger partial charge on any atom is -0.381 e. The second-order valence-corrected chi connectivity index (χ2v) is 4.06. The van der Waals surface area contributed by atoms with E-state index in [0.717, 1.165) is 6.54 Å². The van der Waals surface area contributed by atoms with Gasteiger partial charge in [0.25, 0.3) is 0 Å². The molecule has 0 saturated carbocycles. The van der Waals surface area contributed by atoms with E-state index in [4.69, 9.17) is 0 Å². The van der Waals surface area contributed by atoms with Gasteiger partial charge in [-0.2, -0.15) is 0 Å². The molecule has 0 aromatic heterocycles. The van der Waals surface area contributed by atoms with E-state index in [1.807, 2.05) is 0 Å². The van der Waals surface area contributed by atoms with Gasteiger partial charge >= 0.3 is 0 Å². The fourth-order valence-corrected chi connectivity index (χ4v) is 1.95. The van der Waals surface area contributed by atoms with E-state index in [-0.39, 0.29) is 0 Å². The summed E-state index contributed by atoms with van der Waals surface area (Å²) in [5.41, 5.74) is 2.57. The Kier molecular flexibility index (Phi) is 3.04.